The van der Waals surface area contributed by atoms with Gasteiger partial charge in [0.1, 0.15) is 12.6 Å². The molecule has 0 aliphatic carbocycles. The van der Waals surface area contributed by atoms with Crippen molar-refractivity contribution in [2.45, 2.75) is 30.8 Å². The van der Waals surface area contributed by atoms with Gasteiger partial charge in [0.05, 0.1) is 12.0 Å². The van der Waals surface area contributed by atoms with Crippen LogP contribution < -0.4 is 5.32 Å². The number of amides is 1. The zero-order chi connectivity index (χ0) is 20.3. The summed E-state index contributed by atoms with van der Waals surface area (Å²) >= 11 is 0. The van der Waals surface area contributed by atoms with E-state index >= 15 is 0 Å². The van der Waals surface area contributed by atoms with Crippen molar-refractivity contribution in [3.8, 4) is 0 Å². The van der Waals surface area contributed by atoms with Gasteiger partial charge in [0.15, 0.2) is 0 Å². The van der Waals surface area contributed by atoms with Crippen molar-refractivity contribution in [2.75, 3.05) is 13.7 Å². The van der Waals surface area contributed by atoms with Crippen molar-refractivity contribution >= 4 is 21.9 Å². The van der Waals surface area contributed by atoms with Crippen LogP contribution in [0.15, 0.2) is 53.4 Å². The highest BCUT2D eigenvalue weighted by atomic mass is 32.2. The van der Waals surface area contributed by atoms with Crippen molar-refractivity contribution in [2.24, 2.45) is 0 Å². The molecule has 1 amide bonds. The lowest BCUT2D eigenvalue weighted by Crippen LogP contribution is -2.53. The molecule has 1 heterocycles. The minimum absolute atomic E-state index is 0.0860. The quantitative estimate of drug-likeness (QED) is 0.763. The number of carbonyl (C=O) groups excluding carboxylic acids is 2. The van der Waals surface area contributed by atoms with Crippen LogP contribution in [0.25, 0.3) is 0 Å². The van der Waals surface area contributed by atoms with Gasteiger partial charge in [-0.25, -0.2) is 8.42 Å². The molecule has 8 heteroatoms. The number of ether oxygens (including phenoxy) is 1. The Labute approximate surface area is 164 Å². The normalized spacial score (nSPS) is 16.9. The summed E-state index contributed by atoms with van der Waals surface area (Å²) in [5, 5.41) is 2.48. The molecule has 28 heavy (non-hydrogen) atoms. The molecule has 7 nitrogen and oxygen atoms in total. The van der Waals surface area contributed by atoms with E-state index in [0.717, 1.165) is 16.7 Å². The number of methoxy groups -OCH3 is 1. The number of esters is 1. The van der Waals surface area contributed by atoms with Crippen molar-refractivity contribution in [3.05, 3.63) is 65.2 Å². The molecule has 3 rings (SSSR count). The van der Waals surface area contributed by atoms with E-state index in [1.165, 1.54) is 23.5 Å². The Kier molecular flexibility index (Phi) is 5.81. The van der Waals surface area contributed by atoms with E-state index in [2.05, 4.69) is 10.1 Å². The Morgan fingerprint density at radius 2 is 1.75 bits per heavy atom. The van der Waals surface area contributed by atoms with Crippen LogP contribution in [0.5, 0.6) is 0 Å². The van der Waals surface area contributed by atoms with Crippen LogP contribution in [0.4, 0.5) is 0 Å². The van der Waals surface area contributed by atoms with E-state index in [-0.39, 0.29) is 24.4 Å². The summed E-state index contributed by atoms with van der Waals surface area (Å²) in [5.74, 6) is -1.13. The number of carbonyl (C=O) groups is 2. The lowest BCUT2D eigenvalue weighted by atomic mass is 9.95. The molecule has 1 atom stereocenters. The van der Waals surface area contributed by atoms with E-state index in [1.807, 2.05) is 31.2 Å². The van der Waals surface area contributed by atoms with Crippen molar-refractivity contribution < 1.29 is 22.7 Å². The fourth-order valence-electron chi connectivity index (χ4n) is 3.17. The minimum Gasteiger partial charge on any atom is -0.468 e. The van der Waals surface area contributed by atoms with E-state index < -0.39 is 27.9 Å². The van der Waals surface area contributed by atoms with Crippen LogP contribution in [0.3, 0.4) is 0 Å². The third-order valence-corrected chi connectivity index (χ3v) is 6.64. The summed E-state index contributed by atoms with van der Waals surface area (Å²) in [6.07, 6.45) is 0.230. The highest BCUT2D eigenvalue weighted by molar-refractivity contribution is 7.89. The first-order valence-electron chi connectivity index (χ1n) is 8.82. The molecule has 0 aromatic heterocycles. The molecular formula is C20H22N2O5S. The predicted octanol–water partition coefficient (Wildman–Crippen LogP) is 1.40. The number of nitrogens with one attached hydrogen (secondary N) is 1. The Morgan fingerprint density at radius 3 is 2.39 bits per heavy atom. The molecule has 0 radical (unpaired) electrons. The predicted molar refractivity (Wildman–Crippen MR) is 103 cm³/mol. The maximum absolute atomic E-state index is 13.3. The highest BCUT2D eigenvalue weighted by Crippen LogP contribution is 2.29. The van der Waals surface area contributed by atoms with Crippen molar-refractivity contribution in [1.29, 1.82) is 0 Å². The molecule has 0 saturated carbocycles. The van der Waals surface area contributed by atoms with Gasteiger partial charge in [-0.1, -0.05) is 42.0 Å². The summed E-state index contributed by atoms with van der Waals surface area (Å²) in [7, 11) is -2.68. The molecule has 2 aromatic rings. The standard InChI is InChI=1S/C20H22N2O5S/c1-14-7-9-17(10-8-14)28(25,26)22-13-16-6-4-3-5-15(16)11-18(22)20(24)21-12-19(23)27-2/h3-10,18H,11-13H2,1-2H3,(H,21,24)/t18-/m1/s1. The highest BCUT2D eigenvalue weighted by Gasteiger charge is 2.39. The van der Waals surface area contributed by atoms with Gasteiger partial charge in [-0.15, -0.1) is 0 Å². The van der Waals surface area contributed by atoms with Crippen LogP contribution in [0, 0.1) is 6.92 Å². The molecule has 0 unspecified atom stereocenters. The van der Waals surface area contributed by atoms with Gasteiger partial charge in [-0.05, 0) is 36.6 Å². The summed E-state index contributed by atoms with van der Waals surface area (Å²) in [6, 6.07) is 13.0. The van der Waals surface area contributed by atoms with Gasteiger partial charge < -0.3 is 10.1 Å². The van der Waals surface area contributed by atoms with Gasteiger partial charge in [0.25, 0.3) is 0 Å². The largest absolute Gasteiger partial charge is 0.468 e. The summed E-state index contributed by atoms with van der Waals surface area (Å²) in [4.78, 5) is 24.2. The van der Waals surface area contributed by atoms with Crippen LogP contribution in [-0.4, -0.2) is 44.3 Å². The second-order valence-corrected chi connectivity index (χ2v) is 8.54. The van der Waals surface area contributed by atoms with E-state index in [1.54, 1.807) is 12.1 Å². The first kappa shape index (κ1) is 20.0. The zero-order valence-corrected chi connectivity index (χ0v) is 16.5. The maximum atomic E-state index is 13.3. The van der Waals surface area contributed by atoms with Gasteiger partial charge in [0, 0.05) is 6.54 Å². The summed E-state index contributed by atoms with van der Waals surface area (Å²) in [5.41, 5.74) is 2.71. The SMILES string of the molecule is COC(=O)CNC(=O)[C@H]1Cc2ccccc2CN1S(=O)(=O)c1ccc(C)cc1. The molecule has 148 valence electrons. The summed E-state index contributed by atoms with van der Waals surface area (Å²) < 4.78 is 32.3. The minimum atomic E-state index is -3.90. The monoisotopic (exact) mass is 402 g/mol. The Morgan fingerprint density at radius 1 is 1.11 bits per heavy atom. The Balaban J connectivity index is 1.96. The number of hydrogen-bond donors (Lipinski definition) is 1. The lowest BCUT2D eigenvalue weighted by molar-refractivity contribution is -0.141. The van der Waals surface area contributed by atoms with Gasteiger partial charge in [0.2, 0.25) is 15.9 Å². The molecule has 0 saturated heterocycles. The first-order valence-corrected chi connectivity index (χ1v) is 10.3. The van der Waals surface area contributed by atoms with Crippen LogP contribution in [0.1, 0.15) is 16.7 Å². The third kappa shape index (κ3) is 4.07. The van der Waals surface area contributed by atoms with Crippen molar-refractivity contribution in [3.63, 3.8) is 0 Å². The smallest absolute Gasteiger partial charge is 0.325 e. The fourth-order valence-corrected chi connectivity index (χ4v) is 4.74. The van der Waals surface area contributed by atoms with Gasteiger partial charge in [-0.2, -0.15) is 4.31 Å². The van der Waals surface area contributed by atoms with E-state index in [9.17, 15) is 18.0 Å². The Bertz CT molecular complexity index is 986. The van der Waals surface area contributed by atoms with Crippen LogP contribution in [0.2, 0.25) is 0 Å². The second kappa shape index (κ2) is 8.12. The van der Waals surface area contributed by atoms with Crippen molar-refractivity contribution in [1.82, 2.24) is 9.62 Å². The number of rotatable bonds is 5. The molecule has 1 aliphatic heterocycles. The van der Waals surface area contributed by atoms with E-state index in [0.29, 0.717) is 0 Å². The topological polar surface area (TPSA) is 92.8 Å². The molecule has 1 aliphatic rings. The molecule has 0 bridgehead atoms. The molecule has 0 fully saturated rings. The van der Waals surface area contributed by atoms with E-state index in [4.69, 9.17) is 0 Å². The van der Waals surface area contributed by atoms with Crippen LogP contribution >= 0.6 is 0 Å². The fraction of sp³-hybridized carbons (Fsp3) is 0.300. The average molecular weight is 402 g/mol. The Hall–Kier alpha value is -2.71. The number of sulfonamides is 1. The molecular weight excluding hydrogens is 380 g/mol. The maximum Gasteiger partial charge on any atom is 0.325 e. The summed E-state index contributed by atoms with van der Waals surface area (Å²) in [6.45, 7) is 1.64. The zero-order valence-electron chi connectivity index (χ0n) is 15.7. The molecule has 2 aromatic carbocycles. The lowest BCUT2D eigenvalue weighted by Gasteiger charge is -2.35. The first-order chi connectivity index (χ1) is 13.3. The number of hydrogen-bond acceptors (Lipinski definition) is 5. The molecule has 0 spiro atoms. The molecule has 1 N–H and O–H groups in total. The number of benzene rings is 2. The number of aryl methyl sites for hydroxylation is 1. The second-order valence-electron chi connectivity index (χ2n) is 6.65. The van der Waals surface area contributed by atoms with Gasteiger partial charge >= 0.3 is 5.97 Å². The van der Waals surface area contributed by atoms with Crippen LogP contribution in [-0.2, 0) is 37.3 Å². The number of fused-ring (bicyclic) bond motifs is 1. The number of nitrogens with zero attached hydrogens (tertiary/aromatic N) is 1. The third-order valence-electron chi connectivity index (χ3n) is 4.77. The van der Waals surface area contributed by atoms with Gasteiger partial charge in [-0.3, -0.25) is 9.59 Å². The average Bonchev–Trinajstić information content (AvgIpc) is 2.71.